The van der Waals surface area contributed by atoms with E-state index in [1.807, 2.05) is 18.1 Å². The minimum absolute atomic E-state index is 0.164. The smallest absolute Gasteiger partial charge is 0.125 e. The van der Waals surface area contributed by atoms with Gasteiger partial charge in [0.05, 0.1) is 13.2 Å². The van der Waals surface area contributed by atoms with E-state index in [0.717, 1.165) is 19.6 Å². The molecule has 0 aromatic carbocycles. The van der Waals surface area contributed by atoms with Gasteiger partial charge in [-0.05, 0) is 19.5 Å². The van der Waals surface area contributed by atoms with E-state index in [4.69, 9.17) is 4.74 Å². The lowest BCUT2D eigenvalue weighted by atomic mass is 10.2. The van der Waals surface area contributed by atoms with E-state index in [0.29, 0.717) is 6.04 Å². The molecular weight excluding hydrogens is 152 g/mol. The molecule has 1 N–H and O–H groups in total. The van der Waals surface area contributed by atoms with Crippen LogP contribution in [-0.2, 0) is 4.74 Å². The molecule has 0 saturated carbocycles. The monoisotopic (exact) mass is 170 g/mol. The SMILES string of the molecule is C=CN(C)C[C@H]1N[C@H](C)CCO1. The molecule has 1 saturated heterocycles. The fraction of sp³-hybridized carbons (Fsp3) is 0.778. The molecule has 0 unspecified atom stereocenters. The molecule has 3 nitrogen and oxygen atoms in total. The molecular formula is C9H18N2O. The Morgan fingerprint density at radius 1 is 1.75 bits per heavy atom. The highest BCUT2D eigenvalue weighted by molar-refractivity contribution is 4.75. The molecule has 1 rings (SSSR count). The molecule has 0 spiro atoms. The summed E-state index contributed by atoms with van der Waals surface area (Å²) < 4.78 is 5.52. The van der Waals surface area contributed by atoms with E-state index in [-0.39, 0.29) is 6.23 Å². The molecule has 0 aromatic heterocycles. The van der Waals surface area contributed by atoms with Crippen molar-refractivity contribution in [1.82, 2.24) is 10.2 Å². The first kappa shape index (κ1) is 9.55. The Morgan fingerprint density at radius 2 is 2.50 bits per heavy atom. The van der Waals surface area contributed by atoms with Crippen LogP contribution in [0.3, 0.4) is 0 Å². The number of likely N-dealkylation sites (N-methyl/N-ethyl adjacent to an activating group) is 1. The van der Waals surface area contributed by atoms with Crippen LogP contribution in [-0.4, -0.2) is 37.4 Å². The van der Waals surface area contributed by atoms with Crippen LogP contribution in [0.5, 0.6) is 0 Å². The Morgan fingerprint density at radius 3 is 3.08 bits per heavy atom. The highest BCUT2D eigenvalue weighted by atomic mass is 16.5. The quantitative estimate of drug-likeness (QED) is 0.677. The third-order valence-corrected chi connectivity index (χ3v) is 2.11. The number of hydrogen-bond acceptors (Lipinski definition) is 3. The zero-order valence-electron chi connectivity index (χ0n) is 7.92. The Hall–Kier alpha value is -0.540. The van der Waals surface area contributed by atoms with Crippen molar-refractivity contribution in [2.45, 2.75) is 25.6 Å². The second-order valence-electron chi connectivity index (χ2n) is 3.34. The van der Waals surface area contributed by atoms with E-state index in [2.05, 4.69) is 18.8 Å². The minimum atomic E-state index is 0.164. The summed E-state index contributed by atoms with van der Waals surface area (Å²) in [7, 11) is 2.00. The van der Waals surface area contributed by atoms with Crippen molar-refractivity contribution in [2.24, 2.45) is 0 Å². The summed E-state index contributed by atoms with van der Waals surface area (Å²) >= 11 is 0. The van der Waals surface area contributed by atoms with Crippen molar-refractivity contribution in [3.8, 4) is 0 Å². The van der Waals surface area contributed by atoms with Crippen molar-refractivity contribution in [2.75, 3.05) is 20.2 Å². The molecule has 1 aliphatic rings. The Kier molecular flexibility index (Phi) is 3.56. The van der Waals surface area contributed by atoms with Crippen LogP contribution in [0.15, 0.2) is 12.8 Å². The number of hydrogen-bond donors (Lipinski definition) is 1. The molecule has 3 heteroatoms. The molecule has 1 aliphatic heterocycles. The van der Waals surface area contributed by atoms with Gasteiger partial charge in [0.25, 0.3) is 0 Å². The molecule has 0 aliphatic carbocycles. The van der Waals surface area contributed by atoms with Gasteiger partial charge in [-0.15, -0.1) is 0 Å². The third kappa shape index (κ3) is 2.83. The lowest BCUT2D eigenvalue weighted by Gasteiger charge is -2.31. The van der Waals surface area contributed by atoms with Gasteiger partial charge in [0.2, 0.25) is 0 Å². The molecule has 2 atom stereocenters. The number of rotatable bonds is 3. The zero-order chi connectivity index (χ0) is 8.97. The summed E-state index contributed by atoms with van der Waals surface area (Å²) in [5.41, 5.74) is 0. The average molecular weight is 170 g/mol. The van der Waals surface area contributed by atoms with Crippen LogP contribution in [0.25, 0.3) is 0 Å². The number of nitrogens with zero attached hydrogens (tertiary/aromatic N) is 1. The first-order chi connectivity index (χ1) is 5.72. The lowest BCUT2D eigenvalue weighted by molar-refractivity contribution is -0.0247. The molecule has 12 heavy (non-hydrogen) atoms. The van der Waals surface area contributed by atoms with Gasteiger partial charge in [-0.2, -0.15) is 0 Å². The highest BCUT2D eigenvalue weighted by Gasteiger charge is 2.18. The van der Waals surface area contributed by atoms with E-state index < -0.39 is 0 Å². The predicted octanol–water partition coefficient (Wildman–Crippen LogP) is 0.786. The average Bonchev–Trinajstić information content (AvgIpc) is 2.04. The molecule has 1 fully saturated rings. The van der Waals surface area contributed by atoms with Gasteiger partial charge in [0, 0.05) is 13.1 Å². The second kappa shape index (κ2) is 4.48. The molecule has 1 heterocycles. The van der Waals surface area contributed by atoms with Crippen molar-refractivity contribution in [3.63, 3.8) is 0 Å². The molecule has 0 amide bonds. The molecule has 0 aromatic rings. The maximum Gasteiger partial charge on any atom is 0.125 e. The summed E-state index contributed by atoms with van der Waals surface area (Å²) in [4.78, 5) is 2.02. The van der Waals surface area contributed by atoms with Gasteiger partial charge in [-0.1, -0.05) is 6.58 Å². The van der Waals surface area contributed by atoms with E-state index in [9.17, 15) is 0 Å². The standard InChI is InChI=1S/C9H18N2O/c1-4-11(3)7-9-10-8(2)5-6-12-9/h4,8-10H,1,5-7H2,2-3H3/t8-,9+/m1/s1. The Balaban J connectivity index is 2.26. The summed E-state index contributed by atoms with van der Waals surface area (Å²) in [6.45, 7) is 7.61. The first-order valence-corrected chi connectivity index (χ1v) is 4.43. The second-order valence-corrected chi connectivity index (χ2v) is 3.34. The molecule has 0 bridgehead atoms. The van der Waals surface area contributed by atoms with Crippen molar-refractivity contribution in [1.29, 1.82) is 0 Å². The van der Waals surface area contributed by atoms with Gasteiger partial charge in [-0.3, -0.25) is 5.32 Å². The molecule has 70 valence electrons. The predicted molar refractivity (Wildman–Crippen MR) is 49.8 cm³/mol. The van der Waals surface area contributed by atoms with Gasteiger partial charge < -0.3 is 9.64 Å². The Bertz CT molecular complexity index is 149. The molecule has 0 radical (unpaired) electrons. The maximum absolute atomic E-state index is 5.52. The Labute approximate surface area is 74.4 Å². The van der Waals surface area contributed by atoms with Gasteiger partial charge in [0.15, 0.2) is 0 Å². The normalized spacial score (nSPS) is 29.8. The third-order valence-electron chi connectivity index (χ3n) is 2.11. The first-order valence-electron chi connectivity index (χ1n) is 4.43. The number of ether oxygens (including phenoxy) is 1. The fourth-order valence-electron chi connectivity index (χ4n) is 1.28. The van der Waals surface area contributed by atoms with Crippen molar-refractivity contribution in [3.05, 3.63) is 12.8 Å². The van der Waals surface area contributed by atoms with Crippen LogP contribution in [0.1, 0.15) is 13.3 Å². The van der Waals surface area contributed by atoms with Gasteiger partial charge in [-0.25, -0.2) is 0 Å². The van der Waals surface area contributed by atoms with Crippen LogP contribution in [0, 0.1) is 0 Å². The largest absolute Gasteiger partial charge is 0.377 e. The van der Waals surface area contributed by atoms with E-state index in [1.165, 1.54) is 0 Å². The minimum Gasteiger partial charge on any atom is -0.377 e. The summed E-state index contributed by atoms with van der Waals surface area (Å²) in [5.74, 6) is 0. The van der Waals surface area contributed by atoms with Crippen molar-refractivity contribution >= 4 is 0 Å². The zero-order valence-corrected chi connectivity index (χ0v) is 7.92. The topological polar surface area (TPSA) is 24.5 Å². The van der Waals surface area contributed by atoms with Crippen molar-refractivity contribution < 1.29 is 4.74 Å². The van der Waals surface area contributed by atoms with Gasteiger partial charge >= 0.3 is 0 Å². The lowest BCUT2D eigenvalue weighted by Crippen LogP contribution is -2.48. The fourth-order valence-corrected chi connectivity index (χ4v) is 1.28. The summed E-state index contributed by atoms with van der Waals surface area (Å²) in [6, 6.07) is 0.571. The van der Waals surface area contributed by atoms with Crippen LogP contribution >= 0.6 is 0 Å². The van der Waals surface area contributed by atoms with E-state index in [1.54, 1.807) is 0 Å². The van der Waals surface area contributed by atoms with Crippen LogP contribution in [0.2, 0.25) is 0 Å². The summed E-state index contributed by atoms with van der Waals surface area (Å²) in [5, 5.41) is 3.37. The van der Waals surface area contributed by atoms with Crippen LogP contribution < -0.4 is 5.32 Å². The number of nitrogens with one attached hydrogen (secondary N) is 1. The maximum atomic E-state index is 5.52. The highest BCUT2D eigenvalue weighted by Crippen LogP contribution is 2.04. The van der Waals surface area contributed by atoms with Gasteiger partial charge in [0.1, 0.15) is 6.23 Å². The van der Waals surface area contributed by atoms with E-state index >= 15 is 0 Å². The summed E-state index contributed by atoms with van der Waals surface area (Å²) in [6.07, 6.45) is 3.08. The van der Waals surface area contributed by atoms with Crippen LogP contribution in [0.4, 0.5) is 0 Å².